The molecule has 3 aliphatic heterocycles. The van der Waals surface area contributed by atoms with E-state index in [1.54, 1.807) is 0 Å². The van der Waals surface area contributed by atoms with E-state index < -0.39 is 5.97 Å². The van der Waals surface area contributed by atoms with E-state index in [0.29, 0.717) is 12.3 Å². The second-order valence-electron chi connectivity index (χ2n) is 6.92. The van der Waals surface area contributed by atoms with Gasteiger partial charge in [-0.25, -0.2) is 0 Å². The van der Waals surface area contributed by atoms with Gasteiger partial charge in [0.1, 0.15) is 0 Å². The normalized spacial score (nSPS) is 33.2. The molecule has 0 bridgehead atoms. The van der Waals surface area contributed by atoms with Gasteiger partial charge in [-0.1, -0.05) is 0 Å². The van der Waals surface area contributed by atoms with Crippen LogP contribution in [0, 0.1) is 5.92 Å². The van der Waals surface area contributed by atoms with Crippen molar-refractivity contribution in [2.75, 3.05) is 26.2 Å². The summed E-state index contributed by atoms with van der Waals surface area (Å²) in [6.07, 6.45) is 9.17. The van der Waals surface area contributed by atoms with E-state index in [1.807, 2.05) is 0 Å². The van der Waals surface area contributed by atoms with E-state index >= 15 is 0 Å². The minimum Gasteiger partial charge on any atom is -0.481 e. The lowest BCUT2D eigenvalue weighted by atomic mass is 9.89. The molecule has 0 saturated carbocycles. The van der Waals surface area contributed by atoms with Gasteiger partial charge in [-0.15, -0.1) is 0 Å². The molecule has 3 rings (SSSR count). The summed E-state index contributed by atoms with van der Waals surface area (Å²) < 4.78 is 0. The van der Waals surface area contributed by atoms with Crippen LogP contribution in [0.15, 0.2) is 0 Å². The molecular weight excluding hydrogens is 252 g/mol. The molecule has 0 aromatic rings. The highest BCUT2D eigenvalue weighted by molar-refractivity contribution is 5.66. The van der Waals surface area contributed by atoms with Gasteiger partial charge in [0.15, 0.2) is 0 Å². The fourth-order valence-electron chi connectivity index (χ4n) is 4.47. The molecule has 3 heterocycles. The topological polar surface area (TPSA) is 43.8 Å². The van der Waals surface area contributed by atoms with Crippen molar-refractivity contribution in [2.24, 2.45) is 5.92 Å². The monoisotopic (exact) mass is 280 g/mol. The molecule has 0 spiro atoms. The standard InChI is InChI=1S/C16H28N2O2/c19-16(20)4-3-13-5-9-18(10-6-13)15-7-11-17-8-1-2-14(17)12-15/h13-15H,1-12H2,(H,19,20). The quantitative estimate of drug-likeness (QED) is 0.857. The van der Waals surface area contributed by atoms with Crippen molar-refractivity contribution in [2.45, 2.75) is 63.5 Å². The molecule has 3 saturated heterocycles. The molecule has 20 heavy (non-hydrogen) atoms. The molecule has 114 valence electrons. The number of fused-ring (bicyclic) bond motifs is 1. The average Bonchev–Trinajstić information content (AvgIpc) is 2.93. The Bertz CT molecular complexity index is 339. The predicted molar refractivity (Wildman–Crippen MR) is 78.8 cm³/mol. The molecule has 1 N–H and O–H groups in total. The van der Waals surface area contributed by atoms with E-state index in [1.165, 1.54) is 64.7 Å². The van der Waals surface area contributed by atoms with Crippen LogP contribution in [0.4, 0.5) is 0 Å². The number of carbonyl (C=O) groups is 1. The van der Waals surface area contributed by atoms with Gasteiger partial charge in [0.05, 0.1) is 0 Å². The molecule has 0 aromatic carbocycles. The maximum absolute atomic E-state index is 10.6. The van der Waals surface area contributed by atoms with Crippen LogP contribution in [-0.2, 0) is 4.79 Å². The van der Waals surface area contributed by atoms with Crippen molar-refractivity contribution in [3.63, 3.8) is 0 Å². The largest absolute Gasteiger partial charge is 0.481 e. The number of piperidine rings is 2. The maximum Gasteiger partial charge on any atom is 0.303 e. The first-order valence-electron chi connectivity index (χ1n) is 8.42. The van der Waals surface area contributed by atoms with Gasteiger partial charge in [0, 0.05) is 18.5 Å². The Morgan fingerprint density at radius 2 is 1.60 bits per heavy atom. The van der Waals surface area contributed by atoms with E-state index in [2.05, 4.69) is 9.80 Å². The summed E-state index contributed by atoms with van der Waals surface area (Å²) in [4.78, 5) is 16.0. The fourth-order valence-corrected chi connectivity index (χ4v) is 4.47. The SMILES string of the molecule is O=C(O)CCC1CCN(C2CCN3CCCC3C2)CC1. The van der Waals surface area contributed by atoms with Crippen molar-refractivity contribution in [3.05, 3.63) is 0 Å². The summed E-state index contributed by atoms with van der Waals surface area (Å²) in [5, 5.41) is 8.77. The van der Waals surface area contributed by atoms with E-state index in [-0.39, 0.29) is 0 Å². The van der Waals surface area contributed by atoms with E-state index in [4.69, 9.17) is 5.11 Å². The van der Waals surface area contributed by atoms with Gasteiger partial charge >= 0.3 is 5.97 Å². The molecule has 4 nitrogen and oxygen atoms in total. The lowest BCUT2D eigenvalue weighted by Crippen LogP contribution is -2.49. The van der Waals surface area contributed by atoms with Crippen LogP contribution in [0.3, 0.4) is 0 Å². The number of hydrogen-bond donors (Lipinski definition) is 1. The van der Waals surface area contributed by atoms with E-state index in [9.17, 15) is 4.79 Å². The van der Waals surface area contributed by atoms with Crippen molar-refractivity contribution in [1.82, 2.24) is 9.80 Å². The zero-order chi connectivity index (χ0) is 13.9. The van der Waals surface area contributed by atoms with E-state index in [0.717, 1.165) is 18.5 Å². The Morgan fingerprint density at radius 3 is 2.35 bits per heavy atom. The summed E-state index contributed by atoms with van der Waals surface area (Å²) in [5.41, 5.74) is 0. The molecular formula is C16H28N2O2. The van der Waals surface area contributed by atoms with Crippen LogP contribution < -0.4 is 0 Å². The number of rotatable bonds is 4. The number of likely N-dealkylation sites (tertiary alicyclic amines) is 1. The number of carboxylic acids is 1. The Kier molecular flexibility index (Phi) is 4.61. The predicted octanol–water partition coefficient (Wildman–Crippen LogP) is 2.19. The highest BCUT2D eigenvalue weighted by Gasteiger charge is 2.35. The van der Waals surface area contributed by atoms with Crippen molar-refractivity contribution < 1.29 is 9.90 Å². The van der Waals surface area contributed by atoms with Gasteiger partial charge in [0.25, 0.3) is 0 Å². The van der Waals surface area contributed by atoms with Crippen LogP contribution in [0.1, 0.15) is 51.4 Å². The highest BCUT2D eigenvalue weighted by Crippen LogP contribution is 2.32. The molecule has 0 radical (unpaired) electrons. The van der Waals surface area contributed by atoms with Crippen molar-refractivity contribution in [3.8, 4) is 0 Å². The van der Waals surface area contributed by atoms with Gasteiger partial charge in [-0.05, 0) is 77.0 Å². The Hall–Kier alpha value is -0.610. The second kappa shape index (κ2) is 6.44. The Morgan fingerprint density at radius 1 is 0.950 bits per heavy atom. The van der Waals surface area contributed by atoms with Gasteiger partial charge in [-0.2, -0.15) is 0 Å². The Balaban J connectivity index is 1.43. The van der Waals surface area contributed by atoms with Crippen molar-refractivity contribution >= 4 is 5.97 Å². The first-order chi connectivity index (χ1) is 9.72. The average molecular weight is 280 g/mol. The van der Waals surface area contributed by atoms with Crippen LogP contribution in [0.25, 0.3) is 0 Å². The van der Waals surface area contributed by atoms with Crippen LogP contribution in [0.5, 0.6) is 0 Å². The first kappa shape index (κ1) is 14.3. The summed E-state index contributed by atoms with van der Waals surface area (Å²) in [6, 6.07) is 1.66. The molecule has 0 aromatic heterocycles. The lowest BCUT2D eigenvalue weighted by molar-refractivity contribution is -0.137. The second-order valence-corrected chi connectivity index (χ2v) is 6.92. The van der Waals surface area contributed by atoms with Gasteiger partial charge in [0.2, 0.25) is 0 Å². The minimum absolute atomic E-state index is 0.352. The summed E-state index contributed by atoms with van der Waals surface area (Å²) >= 11 is 0. The molecule has 3 aliphatic rings. The summed E-state index contributed by atoms with van der Waals surface area (Å²) in [7, 11) is 0. The van der Waals surface area contributed by atoms with Crippen LogP contribution in [-0.4, -0.2) is 59.1 Å². The van der Waals surface area contributed by atoms with Crippen LogP contribution in [0.2, 0.25) is 0 Å². The zero-order valence-electron chi connectivity index (χ0n) is 12.5. The number of nitrogens with zero attached hydrogens (tertiary/aromatic N) is 2. The maximum atomic E-state index is 10.6. The summed E-state index contributed by atoms with van der Waals surface area (Å²) in [5.74, 6) is 0.00922. The molecule has 0 amide bonds. The molecule has 4 heteroatoms. The lowest BCUT2D eigenvalue weighted by Gasteiger charge is -2.43. The number of carboxylic acid groups (broad SMARTS) is 1. The molecule has 3 fully saturated rings. The molecule has 2 atom stereocenters. The smallest absolute Gasteiger partial charge is 0.303 e. The minimum atomic E-state index is -0.638. The Labute approximate surface area is 122 Å². The van der Waals surface area contributed by atoms with Gasteiger partial charge in [-0.3, -0.25) is 4.79 Å². The summed E-state index contributed by atoms with van der Waals surface area (Å²) in [6.45, 7) is 5.02. The zero-order valence-corrected chi connectivity index (χ0v) is 12.5. The fraction of sp³-hybridized carbons (Fsp3) is 0.938. The third-order valence-corrected chi connectivity index (χ3v) is 5.72. The first-order valence-corrected chi connectivity index (χ1v) is 8.42. The van der Waals surface area contributed by atoms with Crippen molar-refractivity contribution in [1.29, 1.82) is 0 Å². The number of aliphatic carboxylic acids is 1. The third kappa shape index (κ3) is 3.34. The highest BCUT2D eigenvalue weighted by atomic mass is 16.4. The molecule has 2 unspecified atom stereocenters. The van der Waals surface area contributed by atoms with Gasteiger partial charge < -0.3 is 14.9 Å². The molecule has 0 aliphatic carbocycles. The third-order valence-electron chi connectivity index (χ3n) is 5.72. The van der Waals surface area contributed by atoms with Crippen LogP contribution >= 0.6 is 0 Å². The number of hydrogen-bond acceptors (Lipinski definition) is 3.